The fourth-order valence-corrected chi connectivity index (χ4v) is 4.53. The van der Waals surface area contributed by atoms with Crippen LogP contribution in [-0.2, 0) is 24.1 Å². The second-order valence-electron chi connectivity index (χ2n) is 9.65. The summed E-state index contributed by atoms with van der Waals surface area (Å²) in [5.41, 5.74) is 11.6. The molecule has 4 N–H and O–H groups in total. The van der Waals surface area contributed by atoms with Gasteiger partial charge >= 0.3 is 6.09 Å². The minimum absolute atomic E-state index is 0.0402. The summed E-state index contributed by atoms with van der Waals surface area (Å²) < 4.78 is 5.41. The zero-order chi connectivity index (χ0) is 26.7. The average molecular weight is 510 g/mol. The van der Waals surface area contributed by atoms with Gasteiger partial charge in [-0.15, -0.1) is 0 Å². The molecule has 0 saturated heterocycles. The van der Waals surface area contributed by atoms with Gasteiger partial charge in [-0.05, 0) is 48.1 Å². The van der Waals surface area contributed by atoms with E-state index < -0.39 is 18.3 Å². The van der Waals surface area contributed by atoms with E-state index in [1.54, 1.807) is 0 Å². The number of rotatable bonds is 12. The van der Waals surface area contributed by atoms with Crippen molar-refractivity contribution >= 4 is 6.09 Å². The Morgan fingerprint density at radius 1 is 0.868 bits per heavy atom. The molecule has 1 aromatic heterocycles. The largest absolute Gasteiger partial charge is 0.443 e. The number of pyridine rings is 1. The molecule has 1 heterocycles. The number of aliphatic hydroxyl groups is 1. The minimum atomic E-state index is -0.905. The number of hydrogen-bond acceptors (Lipinski definition) is 5. The molecule has 1 amide bonds. The number of amides is 1. The molecule has 0 bridgehead atoms. The number of primary amides is 1. The number of ether oxygens (including phenoxy) is 1. The fraction of sp³-hybridized carbons (Fsp3) is 0.250. The van der Waals surface area contributed by atoms with Crippen LogP contribution in [0.15, 0.2) is 103 Å². The van der Waals surface area contributed by atoms with Crippen molar-refractivity contribution in [2.75, 3.05) is 0 Å². The van der Waals surface area contributed by atoms with Gasteiger partial charge in [0.2, 0.25) is 0 Å². The van der Waals surface area contributed by atoms with E-state index in [1.807, 2.05) is 85.9 Å². The van der Waals surface area contributed by atoms with E-state index in [0.29, 0.717) is 19.4 Å². The molecule has 6 nitrogen and oxygen atoms in total. The van der Waals surface area contributed by atoms with Gasteiger partial charge in [0, 0.05) is 30.8 Å². The molecular formula is C32H35N3O3. The Labute approximate surface area is 224 Å². The predicted octanol–water partition coefficient (Wildman–Crippen LogP) is 5.22. The van der Waals surface area contributed by atoms with Crippen molar-refractivity contribution in [2.24, 2.45) is 5.73 Å². The number of aryl methyl sites for hydroxylation is 1. The van der Waals surface area contributed by atoms with E-state index in [1.165, 1.54) is 0 Å². The van der Waals surface area contributed by atoms with Crippen LogP contribution >= 0.6 is 0 Å². The monoisotopic (exact) mass is 509 g/mol. The van der Waals surface area contributed by atoms with E-state index in [2.05, 4.69) is 34.6 Å². The number of benzene rings is 3. The summed E-state index contributed by atoms with van der Waals surface area (Å²) in [5, 5.41) is 14.8. The maximum absolute atomic E-state index is 11.7. The molecule has 0 aliphatic heterocycles. The molecule has 0 saturated carbocycles. The molecule has 3 aromatic carbocycles. The number of carbonyl (C=O) groups is 1. The average Bonchev–Trinajstić information content (AvgIpc) is 2.93. The van der Waals surface area contributed by atoms with Gasteiger partial charge in [0.1, 0.15) is 6.10 Å². The van der Waals surface area contributed by atoms with Crippen LogP contribution in [0.5, 0.6) is 0 Å². The van der Waals surface area contributed by atoms with Gasteiger partial charge in [0.25, 0.3) is 0 Å². The molecule has 0 aliphatic carbocycles. The lowest BCUT2D eigenvalue weighted by Gasteiger charge is -2.27. The number of nitrogens with two attached hydrogens (primary N) is 1. The first kappa shape index (κ1) is 27.0. The molecule has 3 atom stereocenters. The molecule has 0 aliphatic rings. The molecule has 4 rings (SSSR count). The Morgan fingerprint density at radius 2 is 1.50 bits per heavy atom. The predicted molar refractivity (Wildman–Crippen MR) is 150 cm³/mol. The second kappa shape index (κ2) is 13.5. The van der Waals surface area contributed by atoms with Gasteiger partial charge in [-0.3, -0.25) is 4.98 Å². The van der Waals surface area contributed by atoms with Gasteiger partial charge < -0.3 is 20.9 Å². The molecule has 0 spiro atoms. The van der Waals surface area contributed by atoms with Crippen LogP contribution in [-0.4, -0.2) is 34.4 Å². The molecule has 6 heteroatoms. The van der Waals surface area contributed by atoms with E-state index in [4.69, 9.17) is 10.5 Å². The Balaban J connectivity index is 1.45. The van der Waals surface area contributed by atoms with Crippen LogP contribution in [0.2, 0.25) is 0 Å². The molecule has 38 heavy (non-hydrogen) atoms. The third kappa shape index (κ3) is 8.26. The van der Waals surface area contributed by atoms with E-state index in [9.17, 15) is 9.90 Å². The molecule has 4 aromatic rings. The first-order valence-electron chi connectivity index (χ1n) is 12.9. The standard InChI is InChI=1S/C32H35N3O3/c1-23-12-17-29(35-21-23)27-15-13-25(14-16-27)19-31(38-32(33)37)30(36)20-28(18-24-8-4-2-5-9-24)34-22-26-10-6-3-7-11-26/h2-17,21,28,30-31,34,36H,18-20,22H2,1H3,(H2,33,37)/t28-,30-,31-/m0/s1. The van der Waals surface area contributed by atoms with Crippen LogP contribution in [0.4, 0.5) is 4.79 Å². The Morgan fingerprint density at radius 3 is 2.11 bits per heavy atom. The molecule has 196 valence electrons. The molecule has 0 fully saturated rings. The van der Waals surface area contributed by atoms with Gasteiger partial charge in [0.05, 0.1) is 11.8 Å². The SMILES string of the molecule is Cc1ccc(-c2ccc(C[C@H](OC(N)=O)[C@@H](O)C[C@H](Cc3ccccc3)NCc3ccccc3)cc2)nc1. The smallest absolute Gasteiger partial charge is 0.404 e. The number of nitrogens with one attached hydrogen (secondary N) is 1. The number of hydrogen-bond donors (Lipinski definition) is 3. The lowest BCUT2D eigenvalue weighted by Crippen LogP contribution is -2.41. The highest BCUT2D eigenvalue weighted by Crippen LogP contribution is 2.21. The maximum Gasteiger partial charge on any atom is 0.404 e. The third-order valence-corrected chi connectivity index (χ3v) is 6.58. The highest BCUT2D eigenvalue weighted by Gasteiger charge is 2.26. The van der Waals surface area contributed by atoms with Crippen molar-refractivity contribution in [1.29, 1.82) is 0 Å². The summed E-state index contributed by atoms with van der Waals surface area (Å²) in [5.74, 6) is 0. The molecular weight excluding hydrogens is 474 g/mol. The summed E-state index contributed by atoms with van der Waals surface area (Å²) >= 11 is 0. The zero-order valence-electron chi connectivity index (χ0n) is 21.7. The number of aromatic nitrogens is 1. The lowest BCUT2D eigenvalue weighted by molar-refractivity contribution is -0.00226. The van der Waals surface area contributed by atoms with E-state index in [-0.39, 0.29) is 6.04 Å². The highest BCUT2D eigenvalue weighted by atomic mass is 16.6. The van der Waals surface area contributed by atoms with Crippen molar-refractivity contribution in [2.45, 2.75) is 51.0 Å². The van der Waals surface area contributed by atoms with Crippen molar-refractivity contribution in [3.8, 4) is 11.3 Å². The summed E-state index contributed by atoms with van der Waals surface area (Å²) in [6, 6.07) is 32.2. The maximum atomic E-state index is 11.7. The number of aliphatic hydroxyl groups excluding tert-OH is 1. The number of nitrogens with zero attached hydrogens (tertiary/aromatic N) is 1. The van der Waals surface area contributed by atoms with E-state index in [0.717, 1.165) is 39.9 Å². The summed E-state index contributed by atoms with van der Waals surface area (Å²) in [7, 11) is 0. The Hall–Kier alpha value is -4.00. The summed E-state index contributed by atoms with van der Waals surface area (Å²) in [4.78, 5) is 16.2. The third-order valence-electron chi connectivity index (χ3n) is 6.58. The van der Waals surface area contributed by atoms with Crippen molar-refractivity contribution in [1.82, 2.24) is 10.3 Å². The van der Waals surface area contributed by atoms with Gasteiger partial charge in [0.15, 0.2) is 0 Å². The fourth-order valence-electron chi connectivity index (χ4n) is 4.53. The van der Waals surface area contributed by atoms with Crippen LogP contribution in [0.1, 0.15) is 28.7 Å². The van der Waals surface area contributed by atoms with Crippen LogP contribution < -0.4 is 11.1 Å². The molecule has 0 unspecified atom stereocenters. The van der Waals surface area contributed by atoms with Crippen molar-refractivity contribution < 1.29 is 14.6 Å². The second-order valence-corrected chi connectivity index (χ2v) is 9.65. The van der Waals surface area contributed by atoms with Gasteiger partial charge in [-0.2, -0.15) is 0 Å². The quantitative estimate of drug-likeness (QED) is 0.243. The molecule has 0 radical (unpaired) electrons. The normalized spacial score (nSPS) is 13.4. The van der Waals surface area contributed by atoms with Crippen molar-refractivity contribution in [3.05, 3.63) is 126 Å². The summed E-state index contributed by atoms with van der Waals surface area (Å²) in [6.07, 6.45) is 0.741. The van der Waals surface area contributed by atoms with Crippen LogP contribution in [0.25, 0.3) is 11.3 Å². The minimum Gasteiger partial charge on any atom is -0.443 e. The van der Waals surface area contributed by atoms with Gasteiger partial charge in [-0.25, -0.2) is 4.79 Å². The number of carbonyl (C=O) groups excluding carboxylic acids is 1. The van der Waals surface area contributed by atoms with E-state index >= 15 is 0 Å². The van der Waals surface area contributed by atoms with Crippen molar-refractivity contribution in [3.63, 3.8) is 0 Å². The first-order chi connectivity index (χ1) is 18.5. The lowest BCUT2D eigenvalue weighted by atomic mass is 9.94. The van der Waals surface area contributed by atoms with Crippen LogP contribution in [0.3, 0.4) is 0 Å². The highest BCUT2D eigenvalue weighted by molar-refractivity contribution is 5.65. The summed E-state index contributed by atoms with van der Waals surface area (Å²) in [6.45, 7) is 2.67. The topological polar surface area (TPSA) is 97.5 Å². The van der Waals surface area contributed by atoms with Crippen LogP contribution in [0, 0.1) is 6.92 Å². The Bertz CT molecular complexity index is 1260. The Kier molecular flexibility index (Phi) is 9.62. The first-order valence-corrected chi connectivity index (χ1v) is 12.9. The van der Waals surface area contributed by atoms with Gasteiger partial charge in [-0.1, -0.05) is 91.0 Å². The zero-order valence-corrected chi connectivity index (χ0v) is 21.7.